The number of hydrogen-bond donors (Lipinski definition) is 0. The maximum absolute atomic E-state index is 12.3. The molecule has 0 aliphatic carbocycles. The minimum absolute atomic E-state index is 0.336. The van der Waals surface area contributed by atoms with Crippen LogP contribution in [0.4, 0.5) is 0 Å². The standard InChI is InChI=1S/C22H27NO3/c1-3-12-23(13-4-2)19-14-18-15-20(10-11-21(18)25-16-19)26-22(24)17-8-6-5-7-9-17/h5-11,15,19H,3-4,12-14,16H2,1-2H3. The van der Waals surface area contributed by atoms with Gasteiger partial charge in [0.1, 0.15) is 18.1 Å². The third-order valence-corrected chi connectivity index (χ3v) is 4.68. The lowest BCUT2D eigenvalue weighted by molar-refractivity contribution is 0.0733. The van der Waals surface area contributed by atoms with Crippen molar-refractivity contribution in [1.29, 1.82) is 0 Å². The van der Waals surface area contributed by atoms with Gasteiger partial charge >= 0.3 is 5.97 Å². The fourth-order valence-electron chi connectivity index (χ4n) is 3.44. The van der Waals surface area contributed by atoms with Gasteiger partial charge in [-0.2, -0.15) is 0 Å². The van der Waals surface area contributed by atoms with Gasteiger partial charge in [-0.25, -0.2) is 4.79 Å². The van der Waals surface area contributed by atoms with Crippen LogP contribution in [0.2, 0.25) is 0 Å². The Morgan fingerprint density at radius 3 is 2.54 bits per heavy atom. The zero-order valence-electron chi connectivity index (χ0n) is 15.6. The summed E-state index contributed by atoms with van der Waals surface area (Å²) in [4.78, 5) is 14.8. The molecule has 26 heavy (non-hydrogen) atoms. The molecule has 0 N–H and O–H groups in total. The molecule has 1 unspecified atom stereocenters. The minimum atomic E-state index is -0.336. The number of carbonyl (C=O) groups excluding carboxylic acids is 1. The molecule has 0 radical (unpaired) electrons. The molecular weight excluding hydrogens is 326 g/mol. The first-order valence-electron chi connectivity index (χ1n) is 9.48. The van der Waals surface area contributed by atoms with Crippen LogP contribution < -0.4 is 9.47 Å². The number of hydrogen-bond acceptors (Lipinski definition) is 4. The van der Waals surface area contributed by atoms with Crippen molar-refractivity contribution in [3.63, 3.8) is 0 Å². The average Bonchev–Trinajstić information content (AvgIpc) is 2.68. The Morgan fingerprint density at radius 1 is 1.12 bits per heavy atom. The van der Waals surface area contributed by atoms with E-state index in [2.05, 4.69) is 18.7 Å². The molecule has 1 aliphatic rings. The summed E-state index contributed by atoms with van der Waals surface area (Å²) in [7, 11) is 0. The zero-order valence-corrected chi connectivity index (χ0v) is 15.6. The van der Waals surface area contributed by atoms with E-state index in [4.69, 9.17) is 9.47 Å². The fraction of sp³-hybridized carbons (Fsp3) is 0.409. The molecule has 1 heterocycles. The number of fused-ring (bicyclic) bond motifs is 1. The monoisotopic (exact) mass is 353 g/mol. The van der Waals surface area contributed by atoms with Crippen molar-refractivity contribution >= 4 is 5.97 Å². The average molecular weight is 353 g/mol. The van der Waals surface area contributed by atoms with E-state index in [1.807, 2.05) is 30.3 Å². The predicted octanol–water partition coefficient (Wildman–Crippen LogP) is 4.33. The van der Waals surface area contributed by atoms with Gasteiger partial charge in [-0.3, -0.25) is 4.90 Å². The maximum Gasteiger partial charge on any atom is 0.343 e. The molecule has 1 atom stereocenters. The lowest BCUT2D eigenvalue weighted by atomic mass is 10.0. The SMILES string of the molecule is CCCN(CCC)C1COc2ccc(OC(=O)c3ccccc3)cc2C1. The first kappa shape index (κ1) is 18.5. The lowest BCUT2D eigenvalue weighted by Gasteiger charge is -2.35. The largest absolute Gasteiger partial charge is 0.492 e. The summed E-state index contributed by atoms with van der Waals surface area (Å²) >= 11 is 0. The summed E-state index contributed by atoms with van der Waals surface area (Å²) in [6, 6.07) is 15.1. The highest BCUT2D eigenvalue weighted by molar-refractivity contribution is 5.91. The van der Waals surface area contributed by atoms with Gasteiger partial charge in [-0.1, -0.05) is 32.0 Å². The molecule has 3 rings (SSSR count). The van der Waals surface area contributed by atoms with Gasteiger partial charge in [0.25, 0.3) is 0 Å². The van der Waals surface area contributed by atoms with Crippen molar-refractivity contribution in [2.75, 3.05) is 19.7 Å². The van der Waals surface area contributed by atoms with Crippen molar-refractivity contribution in [1.82, 2.24) is 4.90 Å². The van der Waals surface area contributed by atoms with Crippen molar-refractivity contribution in [3.05, 3.63) is 59.7 Å². The van der Waals surface area contributed by atoms with Gasteiger partial charge in [0.05, 0.1) is 5.56 Å². The molecule has 2 aromatic carbocycles. The van der Waals surface area contributed by atoms with E-state index in [0.717, 1.165) is 50.3 Å². The van der Waals surface area contributed by atoms with E-state index in [-0.39, 0.29) is 5.97 Å². The van der Waals surface area contributed by atoms with E-state index in [9.17, 15) is 4.79 Å². The summed E-state index contributed by atoms with van der Waals surface area (Å²) in [5.74, 6) is 1.13. The Labute approximate surface area is 155 Å². The number of esters is 1. The van der Waals surface area contributed by atoms with Crippen LogP contribution in [0.3, 0.4) is 0 Å². The van der Waals surface area contributed by atoms with Gasteiger partial charge in [-0.15, -0.1) is 0 Å². The van der Waals surface area contributed by atoms with Crippen molar-refractivity contribution in [2.24, 2.45) is 0 Å². The van der Waals surface area contributed by atoms with Gasteiger partial charge in [-0.05, 0) is 68.2 Å². The Morgan fingerprint density at radius 2 is 1.85 bits per heavy atom. The highest BCUT2D eigenvalue weighted by atomic mass is 16.5. The first-order valence-corrected chi connectivity index (χ1v) is 9.48. The van der Waals surface area contributed by atoms with Gasteiger partial charge in [0.2, 0.25) is 0 Å². The molecule has 0 bridgehead atoms. The minimum Gasteiger partial charge on any atom is -0.492 e. The highest BCUT2D eigenvalue weighted by Gasteiger charge is 2.25. The quantitative estimate of drug-likeness (QED) is 0.548. The number of nitrogens with zero attached hydrogens (tertiary/aromatic N) is 1. The second kappa shape index (κ2) is 8.86. The summed E-state index contributed by atoms with van der Waals surface area (Å²) < 4.78 is 11.5. The number of rotatable bonds is 7. The van der Waals surface area contributed by atoms with E-state index >= 15 is 0 Å². The van der Waals surface area contributed by atoms with Crippen LogP contribution in [0.15, 0.2) is 48.5 Å². The van der Waals surface area contributed by atoms with Crippen LogP contribution in [0.1, 0.15) is 42.6 Å². The molecule has 1 aliphatic heterocycles. The van der Waals surface area contributed by atoms with Crippen LogP contribution in [-0.4, -0.2) is 36.6 Å². The van der Waals surface area contributed by atoms with Crippen molar-refractivity contribution in [2.45, 2.75) is 39.2 Å². The molecule has 2 aromatic rings. The Hall–Kier alpha value is -2.33. The number of benzene rings is 2. The van der Waals surface area contributed by atoms with E-state index in [1.54, 1.807) is 18.2 Å². The summed E-state index contributed by atoms with van der Waals surface area (Å²) in [6.07, 6.45) is 3.20. The maximum atomic E-state index is 12.3. The van der Waals surface area contributed by atoms with Crippen molar-refractivity contribution in [3.8, 4) is 11.5 Å². The van der Waals surface area contributed by atoms with Crippen LogP contribution >= 0.6 is 0 Å². The molecule has 4 heteroatoms. The van der Waals surface area contributed by atoms with Crippen LogP contribution in [0, 0.1) is 0 Å². The van der Waals surface area contributed by atoms with Gasteiger partial charge < -0.3 is 9.47 Å². The molecule has 0 saturated carbocycles. The first-order chi connectivity index (χ1) is 12.7. The molecule has 4 nitrogen and oxygen atoms in total. The fourth-order valence-corrected chi connectivity index (χ4v) is 3.44. The summed E-state index contributed by atoms with van der Waals surface area (Å²) in [5.41, 5.74) is 1.66. The Bertz CT molecular complexity index is 723. The molecule has 0 amide bonds. The molecule has 0 aromatic heterocycles. The molecule has 138 valence electrons. The third-order valence-electron chi connectivity index (χ3n) is 4.68. The normalized spacial score (nSPS) is 16.0. The zero-order chi connectivity index (χ0) is 18.4. The number of carbonyl (C=O) groups is 1. The van der Waals surface area contributed by atoms with Gasteiger partial charge in [0.15, 0.2) is 0 Å². The smallest absolute Gasteiger partial charge is 0.343 e. The summed E-state index contributed by atoms with van der Waals surface area (Å²) in [6.45, 7) is 7.30. The van der Waals surface area contributed by atoms with Crippen LogP contribution in [0.25, 0.3) is 0 Å². The third kappa shape index (κ3) is 4.44. The molecular formula is C22H27NO3. The predicted molar refractivity (Wildman–Crippen MR) is 103 cm³/mol. The topological polar surface area (TPSA) is 38.8 Å². The van der Waals surface area contributed by atoms with E-state index in [0.29, 0.717) is 17.4 Å². The van der Waals surface area contributed by atoms with Crippen molar-refractivity contribution < 1.29 is 14.3 Å². The van der Waals surface area contributed by atoms with Crippen LogP contribution in [0.5, 0.6) is 11.5 Å². The second-order valence-electron chi connectivity index (χ2n) is 6.73. The highest BCUT2D eigenvalue weighted by Crippen LogP contribution is 2.30. The lowest BCUT2D eigenvalue weighted by Crippen LogP contribution is -2.43. The number of ether oxygens (including phenoxy) is 2. The van der Waals surface area contributed by atoms with Gasteiger partial charge in [0, 0.05) is 6.04 Å². The molecule has 0 spiro atoms. The Kier molecular flexibility index (Phi) is 6.29. The van der Waals surface area contributed by atoms with E-state index < -0.39 is 0 Å². The molecule has 0 saturated heterocycles. The second-order valence-corrected chi connectivity index (χ2v) is 6.73. The summed E-state index contributed by atoms with van der Waals surface area (Å²) in [5, 5.41) is 0. The van der Waals surface area contributed by atoms with Crippen LogP contribution in [-0.2, 0) is 6.42 Å². The molecule has 0 fully saturated rings. The Balaban J connectivity index is 1.71. The van der Waals surface area contributed by atoms with E-state index in [1.165, 1.54) is 0 Å².